The van der Waals surface area contributed by atoms with Crippen LogP contribution in [0, 0.1) is 17.8 Å². The summed E-state index contributed by atoms with van der Waals surface area (Å²) in [5.74, 6) is 2.18. The zero-order chi connectivity index (χ0) is 29.3. The number of hydrogen-bond acceptors (Lipinski definition) is 3. The minimum Gasteiger partial charge on any atom is -0.376 e. The van der Waals surface area contributed by atoms with Gasteiger partial charge in [0.1, 0.15) is 0 Å². The highest BCUT2D eigenvalue weighted by Crippen LogP contribution is 2.46. The molecule has 1 N–H and O–H groups in total. The van der Waals surface area contributed by atoms with Gasteiger partial charge in [0, 0.05) is 30.7 Å². The van der Waals surface area contributed by atoms with Crippen molar-refractivity contribution in [3.63, 3.8) is 0 Å². The van der Waals surface area contributed by atoms with Gasteiger partial charge in [-0.15, -0.1) is 0 Å². The maximum Gasteiger partial charge on any atom is 0.240 e. The van der Waals surface area contributed by atoms with Crippen molar-refractivity contribution in [2.75, 3.05) is 19.7 Å². The van der Waals surface area contributed by atoms with Crippen molar-refractivity contribution in [1.29, 1.82) is 0 Å². The molecule has 5 nitrogen and oxygen atoms in total. The number of benzene rings is 2. The van der Waals surface area contributed by atoms with E-state index in [-0.39, 0.29) is 15.9 Å². The molecule has 1 saturated carbocycles. The van der Waals surface area contributed by atoms with Crippen LogP contribution in [-0.4, -0.2) is 44.0 Å². The summed E-state index contributed by atoms with van der Waals surface area (Å²) in [4.78, 5) is 0.277. The second kappa shape index (κ2) is 11.9. The zero-order valence-electron chi connectivity index (χ0n) is 25.6. The van der Waals surface area contributed by atoms with Gasteiger partial charge in [-0.2, -0.15) is 4.58 Å². The van der Waals surface area contributed by atoms with Gasteiger partial charge in [-0.05, 0) is 100 Å². The summed E-state index contributed by atoms with van der Waals surface area (Å²) >= 11 is 0. The van der Waals surface area contributed by atoms with Crippen molar-refractivity contribution in [3.8, 4) is 11.1 Å². The van der Waals surface area contributed by atoms with Gasteiger partial charge in [-0.1, -0.05) is 45.9 Å². The molecule has 4 rings (SSSR count). The van der Waals surface area contributed by atoms with Crippen molar-refractivity contribution in [2.24, 2.45) is 17.8 Å². The Morgan fingerprint density at radius 3 is 2.40 bits per heavy atom. The lowest BCUT2D eigenvalue weighted by atomic mass is 9.80. The molecular weight excluding hydrogens is 516 g/mol. The third kappa shape index (κ3) is 6.78. The van der Waals surface area contributed by atoms with E-state index in [0.717, 1.165) is 35.9 Å². The summed E-state index contributed by atoms with van der Waals surface area (Å²) in [5.41, 5.74) is 5.41. The highest BCUT2D eigenvalue weighted by Gasteiger charge is 2.48. The molecule has 0 bridgehead atoms. The first-order valence-electron chi connectivity index (χ1n) is 14.9. The number of nitrogens with zero attached hydrogens (tertiary/aromatic N) is 1. The molecule has 1 aliphatic heterocycles. The topological polar surface area (TPSA) is 58.4 Å². The second-order valence-corrected chi connectivity index (χ2v) is 15.0. The fourth-order valence-electron chi connectivity index (χ4n) is 5.93. The van der Waals surface area contributed by atoms with E-state index >= 15 is 0 Å². The Hall–Kier alpha value is -2.28. The van der Waals surface area contributed by atoms with Gasteiger partial charge in [0.2, 0.25) is 15.7 Å². The van der Waals surface area contributed by atoms with Gasteiger partial charge in [0.25, 0.3) is 0 Å². The summed E-state index contributed by atoms with van der Waals surface area (Å²) < 4.78 is 37.2. The van der Waals surface area contributed by atoms with Crippen molar-refractivity contribution >= 4 is 21.4 Å². The Kier molecular flexibility index (Phi) is 9.13. The average Bonchev–Trinajstić information content (AvgIpc) is 3.61. The molecule has 0 radical (unpaired) electrons. The van der Waals surface area contributed by atoms with Crippen LogP contribution in [0.4, 0.5) is 5.69 Å². The Bertz CT molecular complexity index is 1350. The van der Waals surface area contributed by atoms with Crippen LogP contribution in [0.3, 0.4) is 0 Å². The second-order valence-electron chi connectivity index (χ2n) is 13.2. The number of nitrogens with one attached hydrogen (secondary N) is 1. The van der Waals surface area contributed by atoms with E-state index in [4.69, 9.17) is 4.74 Å². The molecule has 0 saturated heterocycles. The number of fused-ring (bicyclic) bond motifs is 1. The van der Waals surface area contributed by atoms with Gasteiger partial charge in [0.05, 0.1) is 15.9 Å². The largest absolute Gasteiger partial charge is 0.376 e. The van der Waals surface area contributed by atoms with Gasteiger partial charge in [0.15, 0.2) is 12.3 Å². The molecular formula is C34H49N2O3S+. The van der Waals surface area contributed by atoms with Crippen molar-refractivity contribution < 1.29 is 17.7 Å². The molecule has 0 amide bonds. The van der Waals surface area contributed by atoms with Crippen LogP contribution in [0.5, 0.6) is 0 Å². The third-order valence-corrected chi connectivity index (χ3v) is 10.3. The van der Waals surface area contributed by atoms with Crippen LogP contribution in [-0.2, 0) is 20.2 Å². The number of ether oxygens (including phenoxy) is 1. The monoisotopic (exact) mass is 565 g/mol. The van der Waals surface area contributed by atoms with E-state index in [2.05, 4.69) is 68.7 Å². The molecule has 2 aromatic carbocycles. The molecule has 0 spiro atoms. The smallest absolute Gasteiger partial charge is 0.240 e. The van der Waals surface area contributed by atoms with Crippen molar-refractivity contribution in [1.82, 2.24) is 4.72 Å². The summed E-state index contributed by atoms with van der Waals surface area (Å²) in [6, 6.07) is 13.9. The molecule has 0 aromatic heterocycles. The molecule has 6 heteroatoms. The summed E-state index contributed by atoms with van der Waals surface area (Å²) in [6.07, 6.45) is 6.19. The first-order chi connectivity index (χ1) is 18.8. The lowest BCUT2D eigenvalue weighted by molar-refractivity contribution is -0.442. The van der Waals surface area contributed by atoms with Gasteiger partial charge in [-0.25, -0.2) is 13.1 Å². The van der Waals surface area contributed by atoms with E-state index in [1.54, 1.807) is 12.1 Å². The Morgan fingerprint density at radius 2 is 1.80 bits per heavy atom. The van der Waals surface area contributed by atoms with E-state index in [0.29, 0.717) is 25.5 Å². The minimum absolute atomic E-state index is 0.136. The Morgan fingerprint density at radius 1 is 1.12 bits per heavy atom. The van der Waals surface area contributed by atoms with E-state index in [1.807, 2.05) is 32.1 Å². The van der Waals surface area contributed by atoms with Gasteiger partial charge >= 0.3 is 0 Å². The maximum atomic E-state index is 13.0. The highest BCUT2D eigenvalue weighted by atomic mass is 32.2. The fraction of sp³-hybridized carbons (Fsp3) is 0.559. The third-order valence-electron chi connectivity index (χ3n) is 8.80. The quantitative estimate of drug-likeness (QED) is 0.242. The fourth-order valence-corrected chi connectivity index (χ4v) is 6.96. The lowest BCUT2D eigenvalue weighted by Crippen LogP contribution is -2.33. The molecule has 2 atom stereocenters. The Balaban J connectivity index is 1.45. The standard InChI is InChI=1S/C34H49N2O3S/c1-9-25-21-28(25)23-36-31-16-13-27(22-30(31)34(7,8)32(36)10-2)26-11-14-29(15-12-26)40(37,38)35-19-18-33(5,6)39-20-17-24(3)4/h10-16,22,24-25,28,35H,2,9,17-21,23H2,1,3-8H3/q+1. The summed E-state index contributed by atoms with van der Waals surface area (Å²) in [5, 5.41) is 0. The zero-order valence-corrected chi connectivity index (χ0v) is 26.4. The predicted octanol–water partition coefficient (Wildman–Crippen LogP) is 7.47. The number of rotatable bonds is 14. The summed E-state index contributed by atoms with van der Waals surface area (Å²) in [6.45, 7) is 21.4. The van der Waals surface area contributed by atoms with Crippen LogP contribution in [0.25, 0.3) is 11.1 Å². The average molecular weight is 566 g/mol. The highest BCUT2D eigenvalue weighted by molar-refractivity contribution is 7.89. The van der Waals surface area contributed by atoms with E-state index in [1.165, 1.54) is 29.8 Å². The molecule has 1 aliphatic carbocycles. The first-order valence-corrected chi connectivity index (χ1v) is 16.4. The van der Waals surface area contributed by atoms with E-state index in [9.17, 15) is 8.42 Å². The van der Waals surface area contributed by atoms with Crippen LogP contribution in [0.15, 0.2) is 60.0 Å². The van der Waals surface area contributed by atoms with Crippen molar-refractivity contribution in [3.05, 3.63) is 60.7 Å². The number of sulfonamides is 1. The van der Waals surface area contributed by atoms with Crippen molar-refractivity contribution in [2.45, 2.75) is 90.1 Å². The molecule has 1 heterocycles. The predicted molar refractivity (Wildman–Crippen MR) is 166 cm³/mol. The molecule has 2 aromatic rings. The van der Waals surface area contributed by atoms with E-state index < -0.39 is 10.0 Å². The molecule has 2 aliphatic rings. The number of allylic oxidation sites excluding steroid dienone is 1. The van der Waals surface area contributed by atoms with Crippen LogP contribution in [0.2, 0.25) is 0 Å². The lowest BCUT2D eigenvalue weighted by Gasteiger charge is -2.26. The maximum absolute atomic E-state index is 13.0. The normalized spacial score (nSPS) is 20.2. The number of hydrogen-bond donors (Lipinski definition) is 1. The van der Waals surface area contributed by atoms with Crippen LogP contribution < -0.4 is 4.72 Å². The molecule has 40 heavy (non-hydrogen) atoms. The summed E-state index contributed by atoms with van der Waals surface area (Å²) in [7, 11) is -3.60. The SMILES string of the molecule is C=CC1=[N+](CC2CC2CC)c2ccc(-c3ccc(S(=O)(=O)NCCC(C)(C)OCCC(C)C)cc3)cc2C1(C)C. The molecule has 218 valence electrons. The molecule has 2 unspecified atom stereocenters. The van der Waals surface area contributed by atoms with Crippen LogP contribution in [0.1, 0.15) is 79.7 Å². The van der Waals surface area contributed by atoms with Gasteiger partial charge in [-0.3, -0.25) is 0 Å². The minimum atomic E-state index is -3.60. The Labute approximate surface area is 242 Å². The first kappa shape index (κ1) is 30.7. The van der Waals surface area contributed by atoms with Gasteiger partial charge < -0.3 is 4.74 Å². The molecule has 1 fully saturated rings. The van der Waals surface area contributed by atoms with Crippen LogP contribution >= 0.6 is 0 Å².